The van der Waals surface area contributed by atoms with E-state index in [-0.39, 0.29) is 0 Å². The molecule has 102 valence electrons. The van der Waals surface area contributed by atoms with Crippen molar-refractivity contribution < 1.29 is 0 Å². The maximum Gasteiger partial charge on any atom is 0.00670 e. The molecule has 0 aromatic heterocycles. The molecule has 2 heteroatoms. The molecule has 1 aliphatic carbocycles. The molecular weight excluding hydrogens is 208 g/mol. The first-order chi connectivity index (χ1) is 8.24. The van der Waals surface area contributed by atoms with Crippen LogP contribution in [0.5, 0.6) is 0 Å². The highest BCUT2D eigenvalue weighted by Gasteiger charge is 2.12. The molecule has 0 bridgehead atoms. The predicted octanol–water partition coefficient (Wildman–Crippen LogP) is 3.42. The van der Waals surface area contributed by atoms with Gasteiger partial charge in [-0.1, -0.05) is 26.2 Å². The molecule has 0 spiro atoms. The Morgan fingerprint density at radius 3 is 2.41 bits per heavy atom. The Bertz CT molecular complexity index is 174. The number of hydrogen-bond donors (Lipinski definition) is 1. The number of nitrogens with one attached hydrogen (secondary N) is 1. The normalized spacial score (nSPS) is 18.2. The quantitative estimate of drug-likeness (QED) is 0.654. The van der Waals surface area contributed by atoms with Crippen LogP contribution < -0.4 is 5.32 Å². The molecule has 0 heterocycles. The molecule has 2 nitrogen and oxygen atoms in total. The van der Waals surface area contributed by atoms with E-state index in [0.29, 0.717) is 6.04 Å². The third-order valence-electron chi connectivity index (χ3n) is 3.90. The van der Waals surface area contributed by atoms with Gasteiger partial charge in [0.15, 0.2) is 0 Å². The SMILES string of the molecule is CCCN(CCCNC1CCCCC1)C(C)C. The Hall–Kier alpha value is -0.0800. The van der Waals surface area contributed by atoms with Crippen LogP contribution in [0, 0.1) is 0 Å². The Morgan fingerprint density at radius 1 is 1.12 bits per heavy atom. The van der Waals surface area contributed by atoms with Gasteiger partial charge in [0, 0.05) is 12.1 Å². The van der Waals surface area contributed by atoms with Gasteiger partial charge in [-0.15, -0.1) is 0 Å². The molecular formula is C15H32N2. The van der Waals surface area contributed by atoms with Crippen molar-refractivity contribution in [3.05, 3.63) is 0 Å². The molecule has 0 aliphatic heterocycles. The van der Waals surface area contributed by atoms with Crippen LogP contribution in [-0.4, -0.2) is 36.6 Å². The monoisotopic (exact) mass is 240 g/mol. The summed E-state index contributed by atoms with van der Waals surface area (Å²) in [6.45, 7) is 10.6. The summed E-state index contributed by atoms with van der Waals surface area (Å²) in [4.78, 5) is 2.60. The molecule has 1 aliphatic rings. The predicted molar refractivity (Wildman–Crippen MR) is 76.5 cm³/mol. The first-order valence-electron chi connectivity index (χ1n) is 7.71. The summed E-state index contributed by atoms with van der Waals surface area (Å²) < 4.78 is 0. The summed E-state index contributed by atoms with van der Waals surface area (Å²) in [6, 6.07) is 1.52. The Balaban J connectivity index is 2.04. The van der Waals surface area contributed by atoms with Crippen LogP contribution in [0.15, 0.2) is 0 Å². The van der Waals surface area contributed by atoms with Gasteiger partial charge in [-0.25, -0.2) is 0 Å². The fourth-order valence-electron chi connectivity index (χ4n) is 2.81. The lowest BCUT2D eigenvalue weighted by Crippen LogP contribution is -2.36. The van der Waals surface area contributed by atoms with Gasteiger partial charge in [-0.3, -0.25) is 0 Å². The molecule has 17 heavy (non-hydrogen) atoms. The van der Waals surface area contributed by atoms with Crippen molar-refractivity contribution in [2.24, 2.45) is 0 Å². The molecule has 0 saturated heterocycles. The molecule has 1 saturated carbocycles. The highest BCUT2D eigenvalue weighted by molar-refractivity contribution is 4.72. The van der Waals surface area contributed by atoms with E-state index in [2.05, 4.69) is 31.0 Å². The lowest BCUT2D eigenvalue weighted by atomic mass is 9.95. The van der Waals surface area contributed by atoms with Crippen molar-refractivity contribution >= 4 is 0 Å². The molecule has 0 aromatic rings. The smallest absolute Gasteiger partial charge is 0.00670 e. The summed E-state index contributed by atoms with van der Waals surface area (Å²) in [5.41, 5.74) is 0. The molecule has 1 rings (SSSR count). The van der Waals surface area contributed by atoms with E-state index in [1.165, 1.54) is 64.6 Å². The maximum absolute atomic E-state index is 3.73. The molecule has 0 radical (unpaired) electrons. The van der Waals surface area contributed by atoms with Crippen molar-refractivity contribution in [2.45, 2.75) is 77.8 Å². The Morgan fingerprint density at radius 2 is 1.82 bits per heavy atom. The molecule has 0 aromatic carbocycles. The van der Waals surface area contributed by atoms with Gasteiger partial charge < -0.3 is 10.2 Å². The van der Waals surface area contributed by atoms with E-state index in [9.17, 15) is 0 Å². The van der Waals surface area contributed by atoms with Gasteiger partial charge in [0.1, 0.15) is 0 Å². The van der Waals surface area contributed by atoms with Gasteiger partial charge in [0.25, 0.3) is 0 Å². The second kappa shape index (κ2) is 8.93. The van der Waals surface area contributed by atoms with Crippen LogP contribution in [0.4, 0.5) is 0 Å². The van der Waals surface area contributed by atoms with Gasteiger partial charge in [0.2, 0.25) is 0 Å². The van der Waals surface area contributed by atoms with Crippen LogP contribution in [0.1, 0.15) is 65.7 Å². The largest absolute Gasteiger partial charge is 0.314 e. The lowest BCUT2D eigenvalue weighted by molar-refractivity contribution is 0.216. The van der Waals surface area contributed by atoms with Crippen molar-refractivity contribution in [1.29, 1.82) is 0 Å². The summed E-state index contributed by atoms with van der Waals surface area (Å²) >= 11 is 0. The van der Waals surface area contributed by atoms with Crippen LogP contribution in [-0.2, 0) is 0 Å². The van der Waals surface area contributed by atoms with E-state index in [0.717, 1.165) is 6.04 Å². The third kappa shape index (κ3) is 6.42. The second-order valence-corrected chi connectivity index (χ2v) is 5.77. The fourth-order valence-corrected chi connectivity index (χ4v) is 2.81. The summed E-state index contributed by atoms with van der Waals surface area (Å²) in [6.07, 6.45) is 9.71. The zero-order valence-electron chi connectivity index (χ0n) is 12.2. The van der Waals surface area contributed by atoms with Gasteiger partial charge in [-0.2, -0.15) is 0 Å². The molecule has 0 amide bonds. The first-order valence-corrected chi connectivity index (χ1v) is 7.71. The van der Waals surface area contributed by atoms with Crippen molar-refractivity contribution in [3.8, 4) is 0 Å². The summed E-state index contributed by atoms with van der Waals surface area (Å²) in [7, 11) is 0. The lowest BCUT2D eigenvalue weighted by Gasteiger charge is -2.27. The van der Waals surface area contributed by atoms with Crippen molar-refractivity contribution in [1.82, 2.24) is 10.2 Å². The van der Waals surface area contributed by atoms with Crippen LogP contribution >= 0.6 is 0 Å². The second-order valence-electron chi connectivity index (χ2n) is 5.77. The summed E-state index contributed by atoms with van der Waals surface area (Å²) in [5, 5.41) is 3.73. The Kier molecular flexibility index (Phi) is 7.87. The van der Waals surface area contributed by atoms with Crippen LogP contribution in [0.3, 0.4) is 0 Å². The van der Waals surface area contributed by atoms with Crippen molar-refractivity contribution in [2.75, 3.05) is 19.6 Å². The van der Waals surface area contributed by atoms with E-state index >= 15 is 0 Å². The van der Waals surface area contributed by atoms with Gasteiger partial charge in [-0.05, 0) is 59.2 Å². The highest BCUT2D eigenvalue weighted by Crippen LogP contribution is 2.17. The van der Waals surface area contributed by atoms with Crippen LogP contribution in [0.2, 0.25) is 0 Å². The van der Waals surface area contributed by atoms with E-state index in [1.54, 1.807) is 0 Å². The van der Waals surface area contributed by atoms with Crippen molar-refractivity contribution in [3.63, 3.8) is 0 Å². The average molecular weight is 240 g/mol. The minimum atomic E-state index is 0.699. The standard InChI is InChI=1S/C15H32N2/c1-4-12-17(14(2)3)13-8-11-16-15-9-6-5-7-10-15/h14-16H,4-13H2,1-3H3. The average Bonchev–Trinajstić information content (AvgIpc) is 2.34. The topological polar surface area (TPSA) is 15.3 Å². The highest BCUT2D eigenvalue weighted by atomic mass is 15.1. The minimum Gasteiger partial charge on any atom is -0.314 e. The number of hydrogen-bond acceptors (Lipinski definition) is 2. The van der Waals surface area contributed by atoms with Gasteiger partial charge in [0.05, 0.1) is 0 Å². The molecule has 0 atom stereocenters. The first kappa shape index (κ1) is 15.0. The van der Waals surface area contributed by atoms with Crippen LogP contribution in [0.25, 0.3) is 0 Å². The van der Waals surface area contributed by atoms with Gasteiger partial charge >= 0.3 is 0 Å². The van der Waals surface area contributed by atoms with E-state index in [1.807, 2.05) is 0 Å². The zero-order valence-corrected chi connectivity index (χ0v) is 12.2. The fraction of sp³-hybridized carbons (Fsp3) is 1.00. The molecule has 1 fully saturated rings. The van der Waals surface area contributed by atoms with E-state index in [4.69, 9.17) is 0 Å². The number of rotatable bonds is 8. The zero-order chi connectivity index (χ0) is 12.5. The molecule has 1 N–H and O–H groups in total. The Labute approximate surface area is 108 Å². The summed E-state index contributed by atoms with van der Waals surface area (Å²) in [5.74, 6) is 0. The number of nitrogens with zero attached hydrogens (tertiary/aromatic N) is 1. The molecule has 0 unspecified atom stereocenters. The van der Waals surface area contributed by atoms with E-state index < -0.39 is 0 Å². The maximum atomic E-state index is 3.73. The minimum absolute atomic E-state index is 0.699. The third-order valence-corrected chi connectivity index (χ3v) is 3.90.